The number of aliphatic hydroxyl groups excluding tert-OH is 2. The quantitative estimate of drug-likeness (QED) is 0.203. The number of carbonyl (C=O) groups is 4. The van der Waals surface area contributed by atoms with Crippen LogP contribution in [0.15, 0.2) is 11.6 Å². The minimum Gasteiger partial charge on any atom is -0.468 e. The third kappa shape index (κ3) is 18.1. The van der Waals surface area contributed by atoms with Crippen LogP contribution in [0, 0.1) is 17.8 Å². The zero-order chi connectivity index (χ0) is 32.9. The number of hydrogen-bond donors (Lipinski definition) is 2. The Morgan fingerprint density at radius 3 is 1.95 bits per heavy atom. The second-order valence-corrected chi connectivity index (χ2v) is 10.5. The van der Waals surface area contributed by atoms with Gasteiger partial charge in [0.05, 0.1) is 19.3 Å². The van der Waals surface area contributed by atoms with Crippen molar-refractivity contribution in [3.05, 3.63) is 11.6 Å². The summed E-state index contributed by atoms with van der Waals surface area (Å²) in [4.78, 5) is 46.7. The lowest BCUT2D eigenvalue weighted by Gasteiger charge is -2.40. The number of Topliss-reactive ketones (excluding diaryl/α,β-unsaturated/α-hetero) is 2. The molecular weight excluding hydrogens is 530 g/mol. The Morgan fingerprint density at radius 1 is 1.02 bits per heavy atom. The lowest BCUT2D eigenvalue weighted by molar-refractivity contribution is -0.240. The van der Waals surface area contributed by atoms with Crippen LogP contribution in [0.4, 0.5) is 0 Å². The number of hydrogen-bond acceptors (Lipinski definition) is 10. The number of nitrogens with zero attached hydrogens (tertiary/aromatic N) is 1. The number of esters is 2. The van der Waals surface area contributed by atoms with Gasteiger partial charge in [-0.25, -0.2) is 0 Å². The highest BCUT2D eigenvalue weighted by atomic mass is 16.6. The van der Waals surface area contributed by atoms with Crippen LogP contribution in [0.1, 0.15) is 94.4 Å². The minimum absolute atomic E-state index is 0.00681. The molecule has 41 heavy (non-hydrogen) atoms. The predicted octanol–water partition coefficient (Wildman–Crippen LogP) is 4.34. The van der Waals surface area contributed by atoms with Crippen LogP contribution in [0.5, 0.6) is 0 Å². The predicted molar refractivity (Wildman–Crippen MR) is 161 cm³/mol. The Bertz CT molecular complexity index is 782. The van der Waals surface area contributed by atoms with Crippen LogP contribution >= 0.6 is 0 Å². The van der Waals surface area contributed by atoms with E-state index in [-0.39, 0.29) is 29.8 Å². The number of likely N-dealkylation sites (N-methyl/N-ethyl adjacent to an activating group) is 1. The van der Waals surface area contributed by atoms with E-state index >= 15 is 0 Å². The SMILES string of the molecule is CC(=O)O[C@H]1C(O)O[C@H](C)CC1N(C)C.CC/C=C(\C)C(=O)[C@H](C)CCC.CC[C@@H](C)C(=O)C(C)C(=O)OC.CO. The van der Waals surface area contributed by atoms with E-state index in [1.165, 1.54) is 14.0 Å². The van der Waals surface area contributed by atoms with Crippen LogP contribution in [0.2, 0.25) is 0 Å². The highest BCUT2D eigenvalue weighted by molar-refractivity contribution is 5.99. The van der Waals surface area contributed by atoms with Gasteiger partial charge in [0, 0.05) is 25.9 Å². The zero-order valence-electron chi connectivity index (χ0n) is 27.9. The normalized spacial score (nSPS) is 22.2. The molecule has 1 heterocycles. The van der Waals surface area contributed by atoms with Gasteiger partial charge in [-0.1, -0.05) is 47.1 Å². The third-order valence-electron chi connectivity index (χ3n) is 6.72. The lowest BCUT2D eigenvalue weighted by atomic mass is 9.94. The summed E-state index contributed by atoms with van der Waals surface area (Å²) in [6, 6.07) is -0.00681. The first-order valence-corrected chi connectivity index (χ1v) is 14.5. The van der Waals surface area contributed by atoms with Crippen molar-refractivity contribution in [3.8, 4) is 0 Å². The molecule has 3 unspecified atom stereocenters. The molecule has 1 saturated heterocycles. The largest absolute Gasteiger partial charge is 0.468 e. The summed E-state index contributed by atoms with van der Waals surface area (Å²) >= 11 is 0. The Kier molecular flexibility index (Phi) is 25.8. The maximum atomic E-state index is 11.6. The Balaban J connectivity index is -0.000000517. The van der Waals surface area contributed by atoms with Crippen molar-refractivity contribution in [1.82, 2.24) is 4.90 Å². The molecule has 7 atom stereocenters. The molecule has 1 fully saturated rings. The summed E-state index contributed by atoms with van der Waals surface area (Å²) in [6.45, 7) is 16.6. The maximum absolute atomic E-state index is 11.6. The molecule has 0 aromatic heterocycles. The van der Waals surface area contributed by atoms with E-state index in [0.717, 1.165) is 44.8 Å². The van der Waals surface area contributed by atoms with Gasteiger partial charge in [0.1, 0.15) is 11.7 Å². The number of rotatable bonds is 11. The molecule has 2 N–H and O–H groups in total. The van der Waals surface area contributed by atoms with Crippen molar-refractivity contribution < 1.29 is 43.6 Å². The first-order valence-electron chi connectivity index (χ1n) is 14.5. The second-order valence-electron chi connectivity index (χ2n) is 10.5. The molecule has 0 bridgehead atoms. The summed E-state index contributed by atoms with van der Waals surface area (Å²) < 4.78 is 14.8. The fourth-order valence-electron chi connectivity index (χ4n) is 4.15. The zero-order valence-corrected chi connectivity index (χ0v) is 27.9. The highest BCUT2D eigenvalue weighted by Crippen LogP contribution is 2.24. The van der Waals surface area contributed by atoms with Gasteiger partial charge < -0.3 is 29.3 Å². The summed E-state index contributed by atoms with van der Waals surface area (Å²) in [5.41, 5.74) is 0.929. The van der Waals surface area contributed by atoms with Gasteiger partial charge in [-0.3, -0.25) is 19.2 Å². The summed E-state index contributed by atoms with van der Waals surface area (Å²) in [7, 11) is 6.08. The summed E-state index contributed by atoms with van der Waals surface area (Å²) in [5, 5.41) is 16.7. The van der Waals surface area contributed by atoms with E-state index in [9.17, 15) is 24.3 Å². The summed E-state index contributed by atoms with van der Waals surface area (Å²) in [5.74, 6) is -1.03. The average molecular weight is 590 g/mol. The minimum atomic E-state index is -1.04. The molecular formula is C31H59NO9. The molecule has 242 valence electrons. The molecule has 0 amide bonds. The van der Waals surface area contributed by atoms with Crippen molar-refractivity contribution in [2.75, 3.05) is 28.3 Å². The molecule has 10 nitrogen and oxygen atoms in total. The van der Waals surface area contributed by atoms with Crippen molar-refractivity contribution in [3.63, 3.8) is 0 Å². The van der Waals surface area contributed by atoms with Gasteiger partial charge in [-0.2, -0.15) is 0 Å². The number of allylic oxidation sites excluding steroid dienone is 2. The molecule has 0 saturated carbocycles. The van der Waals surface area contributed by atoms with Gasteiger partial charge in [-0.05, 0) is 66.1 Å². The number of ether oxygens (including phenoxy) is 3. The van der Waals surface area contributed by atoms with Crippen LogP contribution in [0.25, 0.3) is 0 Å². The molecule has 10 heteroatoms. The van der Waals surface area contributed by atoms with Gasteiger partial charge in [0.2, 0.25) is 0 Å². The fourth-order valence-corrected chi connectivity index (χ4v) is 4.15. The van der Waals surface area contributed by atoms with E-state index in [0.29, 0.717) is 5.78 Å². The van der Waals surface area contributed by atoms with Gasteiger partial charge in [-0.15, -0.1) is 0 Å². The van der Waals surface area contributed by atoms with Crippen molar-refractivity contribution >= 4 is 23.5 Å². The van der Waals surface area contributed by atoms with Crippen molar-refractivity contribution in [1.29, 1.82) is 0 Å². The standard InChI is InChI=1S/C11H20O.C10H19NO4.C9H16O3.CH4O/c1-5-7-9(3)11(12)10(4)8-6-2;1-6-5-8(11(3)4)9(10(13)14-6)15-7(2)12;1-5-6(2)8(10)7(3)9(11)12-4;1-2/h7,10H,5-6,8H2,1-4H3;6,8-10,13H,5H2,1-4H3;6-7H,5H2,1-4H3;2H,1H3/b9-7+;;;/t10-;6-,8?,9-,10?;6-,7?;/m111./s1. The lowest BCUT2D eigenvalue weighted by Crippen LogP contribution is -2.54. The average Bonchev–Trinajstić information content (AvgIpc) is 2.93. The molecule has 1 aliphatic heterocycles. The van der Waals surface area contributed by atoms with Crippen molar-refractivity contribution in [2.45, 2.75) is 119 Å². The molecule has 0 spiro atoms. The van der Waals surface area contributed by atoms with E-state index in [1.807, 2.05) is 59.7 Å². The number of carbonyl (C=O) groups excluding carboxylic acids is 4. The molecule has 0 aromatic carbocycles. The van der Waals surface area contributed by atoms with Crippen LogP contribution in [0.3, 0.4) is 0 Å². The molecule has 0 aliphatic carbocycles. The summed E-state index contributed by atoms with van der Waals surface area (Å²) in [6.07, 6.45) is 4.89. The van der Waals surface area contributed by atoms with Crippen LogP contribution in [-0.4, -0.2) is 91.5 Å². The van der Waals surface area contributed by atoms with Gasteiger partial charge in [0.15, 0.2) is 18.2 Å². The Morgan fingerprint density at radius 2 is 1.56 bits per heavy atom. The van der Waals surface area contributed by atoms with Crippen LogP contribution in [-0.2, 0) is 33.4 Å². The van der Waals surface area contributed by atoms with Crippen LogP contribution < -0.4 is 0 Å². The second kappa shape index (κ2) is 24.5. The molecule has 1 aliphatic rings. The Hall–Kier alpha value is -2.14. The first-order chi connectivity index (χ1) is 19.1. The van der Waals surface area contributed by atoms with Gasteiger partial charge >= 0.3 is 11.9 Å². The monoisotopic (exact) mass is 589 g/mol. The smallest absolute Gasteiger partial charge is 0.315 e. The maximum Gasteiger partial charge on any atom is 0.315 e. The number of aliphatic hydroxyl groups is 2. The third-order valence-corrected chi connectivity index (χ3v) is 6.72. The number of ketones is 2. The number of methoxy groups -OCH3 is 1. The Labute approximate surface area is 248 Å². The van der Waals surface area contributed by atoms with E-state index in [4.69, 9.17) is 14.6 Å². The molecule has 0 aromatic rings. The van der Waals surface area contributed by atoms with E-state index in [1.54, 1.807) is 6.92 Å². The fraction of sp³-hybridized carbons (Fsp3) is 0.806. The molecule has 0 radical (unpaired) electrons. The van der Waals surface area contributed by atoms with E-state index < -0.39 is 30.3 Å². The van der Waals surface area contributed by atoms with Crippen molar-refractivity contribution in [2.24, 2.45) is 17.8 Å². The highest BCUT2D eigenvalue weighted by Gasteiger charge is 2.39. The topological polar surface area (TPSA) is 140 Å². The first kappa shape index (κ1) is 43.3. The van der Waals surface area contributed by atoms with E-state index in [2.05, 4.69) is 18.6 Å². The van der Waals surface area contributed by atoms with Gasteiger partial charge in [0.25, 0.3) is 0 Å². The molecule has 1 rings (SSSR count).